The van der Waals surface area contributed by atoms with E-state index >= 15 is 0 Å². The van der Waals surface area contributed by atoms with Gasteiger partial charge in [0, 0.05) is 6.54 Å². The molecule has 0 amide bonds. The van der Waals surface area contributed by atoms with Crippen LogP contribution in [0.3, 0.4) is 0 Å². The number of ether oxygens (including phenoxy) is 2. The van der Waals surface area contributed by atoms with E-state index in [1.54, 1.807) is 7.11 Å². The molecule has 1 aliphatic rings. The maximum absolute atomic E-state index is 11.2. The van der Waals surface area contributed by atoms with Gasteiger partial charge >= 0.3 is 5.97 Å². The van der Waals surface area contributed by atoms with Crippen LogP contribution < -0.4 is 9.47 Å². The molecule has 116 valence electrons. The second-order valence-electron chi connectivity index (χ2n) is 5.24. The Bertz CT molecular complexity index is 463. The van der Waals surface area contributed by atoms with Crippen LogP contribution in [0.4, 0.5) is 0 Å². The Morgan fingerprint density at radius 2 is 2.10 bits per heavy atom. The van der Waals surface area contributed by atoms with Crippen molar-refractivity contribution >= 4 is 5.97 Å². The first-order chi connectivity index (χ1) is 10.2. The number of benzene rings is 1. The highest BCUT2D eigenvalue weighted by Crippen LogP contribution is 2.26. The molecule has 0 bridgehead atoms. The molecule has 1 saturated heterocycles. The van der Waals surface area contributed by atoms with Crippen molar-refractivity contribution in [2.24, 2.45) is 0 Å². The first kappa shape index (κ1) is 15.6. The number of hydrogen-bond donors (Lipinski definition) is 1. The SMILES string of the molecule is COc1ccccc1OCCCN1CCCCC1C(=O)O. The summed E-state index contributed by atoms with van der Waals surface area (Å²) in [5, 5.41) is 9.22. The van der Waals surface area contributed by atoms with Crippen molar-refractivity contribution in [2.75, 3.05) is 26.8 Å². The van der Waals surface area contributed by atoms with Gasteiger partial charge in [0.2, 0.25) is 0 Å². The Kier molecular flexibility index (Phi) is 5.87. The van der Waals surface area contributed by atoms with Crippen molar-refractivity contribution in [2.45, 2.75) is 31.7 Å². The fraction of sp³-hybridized carbons (Fsp3) is 0.562. The first-order valence-corrected chi connectivity index (χ1v) is 7.45. The van der Waals surface area contributed by atoms with Gasteiger partial charge in [-0.3, -0.25) is 9.69 Å². The topological polar surface area (TPSA) is 59.0 Å². The summed E-state index contributed by atoms with van der Waals surface area (Å²) in [6.07, 6.45) is 3.65. The molecule has 0 spiro atoms. The largest absolute Gasteiger partial charge is 0.493 e. The van der Waals surface area contributed by atoms with Crippen molar-refractivity contribution in [3.8, 4) is 11.5 Å². The minimum atomic E-state index is -0.708. The van der Waals surface area contributed by atoms with Crippen LogP contribution in [0.5, 0.6) is 11.5 Å². The number of aliphatic carboxylic acids is 1. The standard InChI is InChI=1S/C16H23NO4/c1-20-14-8-2-3-9-15(14)21-12-6-11-17-10-5-4-7-13(17)16(18)19/h2-3,8-9,13H,4-7,10-12H2,1H3,(H,18,19). The average Bonchev–Trinajstić information content (AvgIpc) is 2.52. The molecule has 1 aromatic rings. The van der Waals surface area contributed by atoms with Gasteiger partial charge in [0.15, 0.2) is 11.5 Å². The lowest BCUT2D eigenvalue weighted by Crippen LogP contribution is -2.45. The van der Waals surface area contributed by atoms with Gasteiger partial charge in [-0.25, -0.2) is 0 Å². The number of likely N-dealkylation sites (tertiary alicyclic amines) is 1. The number of carboxylic acid groups (broad SMARTS) is 1. The van der Waals surface area contributed by atoms with Crippen molar-refractivity contribution in [3.63, 3.8) is 0 Å². The van der Waals surface area contributed by atoms with E-state index in [0.29, 0.717) is 6.61 Å². The summed E-state index contributed by atoms with van der Waals surface area (Å²) in [5.74, 6) is 0.743. The van der Waals surface area contributed by atoms with E-state index in [1.807, 2.05) is 24.3 Å². The number of carbonyl (C=O) groups is 1. The van der Waals surface area contributed by atoms with E-state index in [-0.39, 0.29) is 6.04 Å². The summed E-state index contributed by atoms with van der Waals surface area (Å²) in [6, 6.07) is 7.21. The lowest BCUT2D eigenvalue weighted by Gasteiger charge is -2.32. The number of piperidine rings is 1. The van der Waals surface area contributed by atoms with E-state index in [1.165, 1.54) is 0 Å². The van der Waals surface area contributed by atoms with E-state index in [4.69, 9.17) is 9.47 Å². The Hall–Kier alpha value is -1.75. The molecule has 2 rings (SSSR count). The second-order valence-corrected chi connectivity index (χ2v) is 5.24. The fourth-order valence-electron chi connectivity index (χ4n) is 2.73. The van der Waals surface area contributed by atoms with Gasteiger partial charge in [0.05, 0.1) is 13.7 Å². The monoisotopic (exact) mass is 293 g/mol. The molecule has 5 heteroatoms. The summed E-state index contributed by atoms with van der Waals surface area (Å²) in [5.41, 5.74) is 0. The number of rotatable bonds is 7. The summed E-state index contributed by atoms with van der Waals surface area (Å²) in [6.45, 7) is 2.18. The summed E-state index contributed by atoms with van der Waals surface area (Å²) < 4.78 is 10.9. The molecule has 1 heterocycles. The molecule has 1 unspecified atom stereocenters. The molecule has 0 aliphatic carbocycles. The molecule has 1 aromatic carbocycles. The number of hydrogen-bond acceptors (Lipinski definition) is 4. The molecular formula is C16H23NO4. The zero-order chi connectivity index (χ0) is 15.1. The average molecular weight is 293 g/mol. The third-order valence-electron chi connectivity index (χ3n) is 3.82. The Morgan fingerprint density at radius 3 is 2.81 bits per heavy atom. The summed E-state index contributed by atoms with van der Waals surface area (Å²) in [4.78, 5) is 13.3. The van der Waals surface area contributed by atoms with Gasteiger partial charge < -0.3 is 14.6 Å². The van der Waals surface area contributed by atoms with Gasteiger partial charge in [-0.05, 0) is 37.9 Å². The van der Waals surface area contributed by atoms with Crippen LogP contribution in [-0.4, -0.2) is 48.8 Å². The van der Waals surface area contributed by atoms with Crippen LogP contribution in [-0.2, 0) is 4.79 Å². The molecule has 5 nitrogen and oxygen atoms in total. The Morgan fingerprint density at radius 1 is 1.33 bits per heavy atom. The lowest BCUT2D eigenvalue weighted by atomic mass is 10.0. The highest BCUT2D eigenvalue weighted by Gasteiger charge is 2.27. The van der Waals surface area contributed by atoms with Gasteiger partial charge in [0.1, 0.15) is 6.04 Å². The predicted octanol–water partition coefficient (Wildman–Crippen LogP) is 2.40. The number of para-hydroxylation sites is 2. The Labute approximate surface area is 125 Å². The van der Waals surface area contributed by atoms with Gasteiger partial charge in [-0.1, -0.05) is 18.6 Å². The lowest BCUT2D eigenvalue weighted by molar-refractivity contribution is -0.144. The molecule has 21 heavy (non-hydrogen) atoms. The number of nitrogens with zero attached hydrogens (tertiary/aromatic N) is 1. The number of methoxy groups -OCH3 is 1. The third-order valence-corrected chi connectivity index (χ3v) is 3.82. The van der Waals surface area contributed by atoms with Crippen molar-refractivity contribution < 1.29 is 19.4 Å². The second kappa shape index (κ2) is 7.88. The normalized spacial score (nSPS) is 19.2. The number of carboxylic acids is 1. The molecule has 0 radical (unpaired) electrons. The van der Waals surface area contributed by atoms with Crippen molar-refractivity contribution in [3.05, 3.63) is 24.3 Å². The minimum Gasteiger partial charge on any atom is -0.493 e. The maximum Gasteiger partial charge on any atom is 0.320 e. The van der Waals surface area contributed by atoms with Crippen LogP contribution >= 0.6 is 0 Å². The quantitative estimate of drug-likeness (QED) is 0.782. The van der Waals surface area contributed by atoms with Crippen LogP contribution in [0.2, 0.25) is 0 Å². The van der Waals surface area contributed by atoms with E-state index in [2.05, 4.69) is 4.90 Å². The minimum absolute atomic E-state index is 0.329. The van der Waals surface area contributed by atoms with Gasteiger partial charge in [-0.2, -0.15) is 0 Å². The van der Waals surface area contributed by atoms with Crippen LogP contribution in [0.1, 0.15) is 25.7 Å². The van der Waals surface area contributed by atoms with Crippen LogP contribution in [0.15, 0.2) is 24.3 Å². The molecule has 1 N–H and O–H groups in total. The van der Waals surface area contributed by atoms with Crippen LogP contribution in [0, 0.1) is 0 Å². The molecule has 0 aromatic heterocycles. The zero-order valence-electron chi connectivity index (χ0n) is 12.5. The summed E-state index contributed by atoms with van der Waals surface area (Å²) >= 11 is 0. The molecule has 1 atom stereocenters. The van der Waals surface area contributed by atoms with Crippen LogP contribution in [0.25, 0.3) is 0 Å². The first-order valence-electron chi connectivity index (χ1n) is 7.45. The predicted molar refractivity (Wildman–Crippen MR) is 80.0 cm³/mol. The van der Waals surface area contributed by atoms with Crippen molar-refractivity contribution in [1.29, 1.82) is 0 Å². The Balaban J connectivity index is 1.77. The molecule has 1 aliphatic heterocycles. The van der Waals surface area contributed by atoms with E-state index in [9.17, 15) is 9.90 Å². The highest BCUT2D eigenvalue weighted by molar-refractivity contribution is 5.73. The summed E-state index contributed by atoms with van der Waals surface area (Å²) in [7, 11) is 1.62. The highest BCUT2D eigenvalue weighted by atomic mass is 16.5. The maximum atomic E-state index is 11.2. The fourth-order valence-corrected chi connectivity index (χ4v) is 2.73. The van der Waals surface area contributed by atoms with E-state index in [0.717, 1.165) is 50.3 Å². The van der Waals surface area contributed by atoms with Gasteiger partial charge in [0.25, 0.3) is 0 Å². The molecule has 0 saturated carbocycles. The molecule has 1 fully saturated rings. The van der Waals surface area contributed by atoms with Crippen molar-refractivity contribution in [1.82, 2.24) is 4.90 Å². The zero-order valence-corrected chi connectivity index (χ0v) is 12.5. The smallest absolute Gasteiger partial charge is 0.320 e. The van der Waals surface area contributed by atoms with E-state index < -0.39 is 5.97 Å². The van der Waals surface area contributed by atoms with Gasteiger partial charge in [-0.15, -0.1) is 0 Å². The molecular weight excluding hydrogens is 270 g/mol. The third kappa shape index (κ3) is 4.36.